The van der Waals surface area contributed by atoms with Crippen LogP contribution in [0.2, 0.25) is 0 Å². The molecule has 0 saturated heterocycles. The first-order chi connectivity index (χ1) is 14.1. The molecule has 5 nitrogen and oxygen atoms in total. The molecule has 3 rings (SSSR count). The van der Waals surface area contributed by atoms with Crippen molar-refractivity contribution in [2.45, 2.75) is 11.1 Å². The van der Waals surface area contributed by atoms with Crippen molar-refractivity contribution in [1.29, 1.82) is 0 Å². The van der Waals surface area contributed by atoms with E-state index in [4.69, 9.17) is 4.74 Å². The number of nitrogens with zero attached hydrogens (tertiary/aromatic N) is 1. The van der Waals surface area contributed by atoms with Gasteiger partial charge in [-0.1, -0.05) is 42.5 Å². The van der Waals surface area contributed by atoms with Gasteiger partial charge in [0.15, 0.2) is 15.5 Å². The average Bonchev–Trinajstić information content (AvgIpc) is 2.73. The fourth-order valence-electron chi connectivity index (χ4n) is 2.84. The minimum atomic E-state index is -4.71. The summed E-state index contributed by atoms with van der Waals surface area (Å²) in [4.78, 5) is 3.72. The van der Waals surface area contributed by atoms with Crippen LogP contribution in [0.15, 0.2) is 65.6 Å². The summed E-state index contributed by atoms with van der Waals surface area (Å²) in [5, 5.41) is 0. The number of aromatic nitrogens is 1. The molecule has 0 unspecified atom stereocenters. The van der Waals surface area contributed by atoms with Crippen molar-refractivity contribution in [3.05, 3.63) is 66.4 Å². The van der Waals surface area contributed by atoms with Gasteiger partial charge < -0.3 is 10.5 Å². The standard InChI is InChI=1S/C20H16F3NO3S.CH5N/c1-27-17-12-16(13-8-10-15(11-9-13)28(2,25)26)18(14-6-4-3-5-7-14)19(24-17)20(21,22)23;1-2/h3-12H,1-2H3;2H2,1H3. The number of alkyl halides is 3. The van der Waals surface area contributed by atoms with Crippen molar-refractivity contribution in [3.8, 4) is 28.1 Å². The average molecular weight is 438 g/mol. The van der Waals surface area contributed by atoms with Gasteiger partial charge >= 0.3 is 6.18 Å². The second kappa shape index (κ2) is 9.27. The monoisotopic (exact) mass is 438 g/mol. The summed E-state index contributed by atoms with van der Waals surface area (Å²) < 4.78 is 69.6. The van der Waals surface area contributed by atoms with Gasteiger partial charge in [-0.05, 0) is 35.9 Å². The van der Waals surface area contributed by atoms with Crippen LogP contribution >= 0.6 is 0 Å². The second-order valence-electron chi connectivity index (χ2n) is 6.10. The molecule has 0 aliphatic carbocycles. The van der Waals surface area contributed by atoms with E-state index in [-0.39, 0.29) is 21.9 Å². The lowest BCUT2D eigenvalue weighted by molar-refractivity contribution is -0.140. The number of hydrogen-bond acceptors (Lipinski definition) is 5. The predicted molar refractivity (Wildman–Crippen MR) is 110 cm³/mol. The molecule has 0 aliphatic rings. The topological polar surface area (TPSA) is 82.3 Å². The number of halogens is 3. The van der Waals surface area contributed by atoms with Crippen LogP contribution in [0, 0.1) is 0 Å². The number of methoxy groups -OCH3 is 1. The molecule has 0 amide bonds. The first-order valence-electron chi connectivity index (χ1n) is 8.71. The zero-order valence-corrected chi connectivity index (χ0v) is 17.4. The first-order valence-corrected chi connectivity index (χ1v) is 10.6. The lowest BCUT2D eigenvalue weighted by Gasteiger charge is -2.18. The van der Waals surface area contributed by atoms with Crippen molar-refractivity contribution in [3.63, 3.8) is 0 Å². The highest BCUT2D eigenvalue weighted by Crippen LogP contribution is 2.43. The molecular weight excluding hydrogens is 417 g/mol. The van der Waals surface area contributed by atoms with E-state index in [9.17, 15) is 21.6 Å². The summed E-state index contributed by atoms with van der Waals surface area (Å²) in [6.45, 7) is 0. The highest BCUT2D eigenvalue weighted by molar-refractivity contribution is 7.90. The summed E-state index contributed by atoms with van der Waals surface area (Å²) in [5.41, 5.74) is 4.33. The smallest absolute Gasteiger partial charge is 0.434 e. The Kier molecular flexibility index (Phi) is 7.22. The molecule has 0 atom stereocenters. The Hall–Kier alpha value is -2.91. The Bertz CT molecular complexity index is 1100. The summed E-state index contributed by atoms with van der Waals surface area (Å²) in [7, 11) is -0.688. The van der Waals surface area contributed by atoms with E-state index >= 15 is 0 Å². The number of rotatable bonds is 4. The largest absolute Gasteiger partial charge is 0.481 e. The van der Waals surface area contributed by atoms with Crippen molar-refractivity contribution >= 4 is 9.84 Å². The fraction of sp³-hybridized carbons (Fsp3) is 0.190. The van der Waals surface area contributed by atoms with Crippen LogP contribution in [0.3, 0.4) is 0 Å². The molecule has 0 aliphatic heterocycles. The maximum absolute atomic E-state index is 13.8. The van der Waals surface area contributed by atoms with E-state index in [0.717, 1.165) is 6.26 Å². The molecule has 0 saturated carbocycles. The van der Waals surface area contributed by atoms with Crippen molar-refractivity contribution in [1.82, 2.24) is 4.98 Å². The highest BCUT2D eigenvalue weighted by Gasteiger charge is 2.38. The van der Waals surface area contributed by atoms with E-state index in [2.05, 4.69) is 10.7 Å². The van der Waals surface area contributed by atoms with E-state index in [1.54, 1.807) is 30.3 Å². The Morgan fingerprint density at radius 2 is 1.50 bits per heavy atom. The normalized spacial score (nSPS) is 11.4. The summed E-state index contributed by atoms with van der Waals surface area (Å²) in [6, 6.07) is 15.2. The van der Waals surface area contributed by atoms with Gasteiger partial charge in [0, 0.05) is 17.9 Å². The van der Waals surface area contributed by atoms with Crippen molar-refractivity contribution < 1.29 is 26.3 Å². The molecule has 30 heavy (non-hydrogen) atoms. The van der Waals surface area contributed by atoms with Gasteiger partial charge in [0.25, 0.3) is 0 Å². The minimum Gasteiger partial charge on any atom is -0.481 e. The van der Waals surface area contributed by atoms with Crippen LogP contribution < -0.4 is 10.5 Å². The number of ether oxygens (including phenoxy) is 1. The Labute approximate surface area is 173 Å². The Balaban J connectivity index is 0.00000155. The van der Waals surface area contributed by atoms with E-state index in [1.165, 1.54) is 44.5 Å². The molecular formula is C21H21F3N2O3S. The first kappa shape index (κ1) is 23.4. The third-order valence-electron chi connectivity index (χ3n) is 4.13. The van der Waals surface area contributed by atoms with Crippen molar-refractivity contribution in [2.75, 3.05) is 20.4 Å². The molecule has 0 bridgehead atoms. The van der Waals surface area contributed by atoms with Crippen LogP contribution in [0.25, 0.3) is 22.3 Å². The molecule has 2 aromatic carbocycles. The molecule has 1 aromatic heterocycles. The lowest BCUT2D eigenvalue weighted by atomic mass is 9.93. The van der Waals surface area contributed by atoms with Gasteiger partial charge in [-0.2, -0.15) is 13.2 Å². The van der Waals surface area contributed by atoms with Gasteiger partial charge in [0.2, 0.25) is 5.88 Å². The van der Waals surface area contributed by atoms with Gasteiger partial charge in [-0.3, -0.25) is 0 Å². The molecule has 0 radical (unpaired) electrons. The van der Waals surface area contributed by atoms with Gasteiger partial charge in [-0.15, -0.1) is 0 Å². The zero-order chi connectivity index (χ0) is 22.5. The number of sulfone groups is 1. The van der Waals surface area contributed by atoms with Crippen LogP contribution in [0.5, 0.6) is 5.88 Å². The van der Waals surface area contributed by atoms with Crippen LogP contribution in [0.1, 0.15) is 5.69 Å². The quantitative estimate of drug-likeness (QED) is 0.652. The molecule has 3 aromatic rings. The van der Waals surface area contributed by atoms with Crippen molar-refractivity contribution in [2.24, 2.45) is 5.73 Å². The molecule has 0 spiro atoms. The SMILES string of the molecule is CN.COc1cc(-c2ccc(S(C)(=O)=O)cc2)c(-c2ccccc2)c(C(F)(F)F)n1. The minimum absolute atomic E-state index is 0.0783. The second-order valence-corrected chi connectivity index (χ2v) is 8.11. The number of pyridine rings is 1. The summed E-state index contributed by atoms with van der Waals surface area (Å²) in [6.07, 6.45) is -3.64. The molecule has 9 heteroatoms. The van der Waals surface area contributed by atoms with Crippen LogP contribution in [0.4, 0.5) is 13.2 Å². The Morgan fingerprint density at radius 3 is 1.97 bits per heavy atom. The molecule has 2 N–H and O–H groups in total. The maximum atomic E-state index is 13.8. The molecule has 0 fully saturated rings. The Morgan fingerprint density at radius 1 is 0.933 bits per heavy atom. The summed E-state index contributed by atoms with van der Waals surface area (Å²) in [5.74, 6) is -0.186. The molecule has 1 heterocycles. The predicted octanol–water partition coefficient (Wildman–Crippen LogP) is 4.42. The maximum Gasteiger partial charge on any atom is 0.434 e. The number of nitrogens with two attached hydrogens (primary N) is 1. The van der Waals surface area contributed by atoms with E-state index in [0.29, 0.717) is 11.1 Å². The number of benzene rings is 2. The van der Waals surface area contributed by atoms with Gasteiger partial charge in [0.05, 0.1) is 12.0 Å². The van der Waals surface area contributed by atoms with Gasteiger partial charge in [-0.25, -0.2) is 13.4 Å². The third kappa shape index (κ3) is 5.17. The van der Waals surface area contributed by atoms with E-state index < -0.39 is 21.7 Å². The van der Waals surface area contributed by atoms with Crippen LogP contribution in [-0.2, 0) is 16.0 Å². The summed E-state index contributed by atoms with van der Waals surface area (Å²) >= 11 is 0. The van der Waals surface area contributed by atoms with E-state index in [1.807, 2.05) is 0 Å². The molecule has 160 valence electrons. The zero-order valence-electron chi connectivity index (χ0n) is 16.6. The fourth-order valence-corrected chi connectivity index (χ4v) is 3.47. The van der Waals surface area contributed by atoms with Crippen LogP contribution in [-0.4, -0.2) is 33.8 Å². The third-order valence-corrected chi connectivity index (χ3v) is 5.26. The highest BCUT2D eigenvalue weighted by atomic mass is 32.2. The van der Waals surface area contributed by atoms with Gasteiger partial charge in [0.1, 0.15) is 0 Å². The number of hydrogen-bond donors (Lipinski definition) is 1. The lowest BCUT2D eigenvalue weighted by Crippen LogP contribution is -2.12.